The molecule has 0 aliphatic rings. The lowest BCUT2D eigenvalue weighted by Gasteiger charge is -2.09. The zero-order valence-electron chi connectivity index (χ0n) is 15.4. The summed E-state index contributed by atoms with van der Waals surface area (Å²) in [5, 5.41) is 11.8. The van der Waals surface area contributed by atoms with Crippen molar-refractivity contribution in [2.24, 2.45) is 4.99 Å². The molecule has 140 valence electrons. The van der Waals surface area contributed by atoms with E-state index in [-0.39, 0.29) is 24.0 Å². The van der Waals surface area contributed by atoms with E-state index in [0.29, 0.717) is 19.0 Å². The number of fused-ring (bicyclic) bond motifs is 1. The Hall–Kier alpha value is -2.03. The van der Waals surface area contributed by atoms with E-state index in [1.165, 1.54) is 5.39 Å². The van der Waals surface area contributed by atoms with Gasteiger partial charge >= 0.3 is 0 Å². The third-order valence-electron chi connectivity index (χ3n) is 3.94. The predicted molar refractivity (Wildman–Crippen MR) is 116 cm³/mol. The van der Waals surface area contributed by atoms with Crippen LogP contribution in [0.15, 0.2) is 45.9 Å². The number of hydrogen-bond donors (Lipinski definition) is 3. The molecule has 0 fully saturated rings. The summed E-state index contributed by atoms with van der Waals surface area (Å²) in [6.07, 6.45) is 0. The first-order chi connectivity index (χ1) is 12.2. The highest BCUT2D eigenvalue weighted by molar-refractivity contribution is 14.0. The van der Waals surface area contributed by atoms with Gasteiger partial charge in [0.15, 0.2) is 11.7 Å². The highest BCUT2D eigenvalue weighted by Gasteiger charge is 2.08. The number of aliphatic imine (C=N–C) groups is 1. The molecule has 0 aliphatic heterocycles. The first kappa shape index (κ1) is 20.3. The van der Waals surface area contributed by atoms with E-state index < -0.39 is 0 Å². The van der Waals surface area contributed by atoms with Crippen molar-refractivity contribution >= 4 is 40.8 Å². The van der Waals surface area contributed by atoms with Gasteiger partial charge in [-0.1, -0.05) is 37.2 Å². The van der Waals surface area contributed by atoms with Crippen molar-refractivity contribution in [2.75, 3.05) is 6.54 Å². The highest BCUT2D eigenvalue weighted by atomic mass is 127. The topological polar surface area (TPSA) is 78.2 Å². The quantitative estimate of drug-likeness (QED) is 0.289. The number of aromatic amines is 1. The molecule has 2 aromatic heterocycles. The fourth-order valence-corrected chi connectivity index (χ4v) is 2.58. The van der Waals surface area contributed by atoms with Crippen LogP contribution < -0.4 is 10.6 Å². The first-order valence-electron chi connectivity index (χ1n) is 8.70. The van der Waals surface area contributed by atoms with E-state index >= 15 is 0 Å². The summed E-state index contributed by atoms with van der Waals surface area (Å²) in [5.74, 6) is 1.92. The lowest BCUT2D eigenvalue weighted by atomic mass is 10.1. The maximum absolute atomic E-state index is 5.36. The van der Waals surface area contributed by atoms with Crippen LogP contribution in [0.25, 0.3) is 10.9 Å². The Balaban J connectivity index is 0.00000243. The van der Waals surface area contributed by atoms with Crippen molar-refractivity contribution in [1.82, 2.24) is 20.8 Å². The van der Waals surface area contributed by atoms with Crippen LogP contribution in [0.1, 0.15) is 43.8 Å². The van der Waals surface area contributed by atoms with Gasteiger partial charge in [-0.15, -0.1) is 24.0 Å². The molecule has 0 radical (unpaired) electrons. The van der Waals surface area contributed by atoms with Crippen molar-refractivity contribution in [3.8, 4) is 0 Å². The number of hydrogen-bond acceptors (Lipinski definition) is 3. The second-order valence-electron chi connectivity index (χ2n) is 6.30. The summed E-state index contributed by atoms with van der Waals surface area (Å²) in [4.78, 5) is 8.03. The van der Waals surface area contributed by atoms with Crippen LogP contribution in [0.5, 0.6) is 0 Å². The number of H-pyrrole nitrogens is 1. The van der Waals surface area contributed by atoms with Crippen LogP contribution in [0.4, 0.5) is 0 Å². The Morgan fingerprint density at radius 3 is 2.73 bits per heavy atom. The van der Waals surface area contributed by atoms with Crippen molar-refractivity contribution in [3.63, 3.8) is 0 Å². The standard InChI is InChI=1S/C19H25N5O.HI/c1-4-20-19(22-12-16-10-18(13(2)3)24-25-16)21-11-15-9-14-7-5-6-8-17(14)23-15;/h5-10,13,23H,4,11-12H2,1-3H3,(H2,20,21,22);1H. The van der Waals surface area contributed by atoms with Gasteiger partial charge in [0.05, 0.1) is 18.8 Å². The lowest BCUT2D eigenvalue weighted by molar-refractivity contribution is 0.372. The van der Waals surface area contributed by atoms with Gasteiger partial charge in [0, 0.05) is 23.8 Å². The smallest absolute Gasteiger partial charge is 0.192 e. The Bertz CT molecular complexity index is 819. The normalized spacial score (nSPS) is 11.6. The van der Waals surface area contributed by atoms with Gasteiger partial charge in [-0.3, -0.25) is 0 Å². The summed E-state index contributed by atoms with van der Waals surface area (Å²) in [5.41, 5.74) is 3.19. The van der Waals surface area contributed by atoms with Gasteiger partial charge in [-0.2, -0.15) is 0 Å². The molecule has 3 rings (SSSR count). The number of guanidine groups is 1. The molecule has 0 amide bonds. The van der Waals surface area contributed by atoms with Gasteiger partial charge in [0.25, 0.3) is 0 Å². The van der Waals surface area contributed by atoms with Crippen LogP contribution >= 0.6 is 24.0 Å². The summed E-state index contributed by atoms with van der Waals surface area (Å²) in [7, 11) is 0. The third kappa shape index (κ3) is 5.23. The fraction of sp³-hybridized carbons (Fsp3) is 0.368. The largest absolute Gasteiger partial charge is 0.359 e. The molecule has 3 N–H and O–H groups in total. The first-order valence-corrected chi connectivity index (χ1v) is 8.70. The number of halogens is 1. The summed E-state index contributed by atoms with van der Waals surface area (Å²) < 4.78 is 5.36. The lowest BCUT2D eigenvalue weighted by Crippen LogP contribution is -2.36. The van der Waals surface area contributed by atoms with E-state index in [2.05, 4.69) is 57.8 Å². The molecule has 0 unspecified atom stereocenters. The fourth-order valence-electron chi connectivity index (χ4n) is 2.58. The van der Waals surface area contributed by atoms with Crippen molar-refractivity contribution in [1.29, 1.82) is 0 Å². The van der Waals surface area contributed by atoms with Crippen molar-refractivity contribution in [3.05, 3.63) is 53.5 Å². The average molecular weight is 467 g/mol. The molecular weight excluding hydrogens is 441 g/mol. The third-order valence-corrected chi connectivity index (χ3v) is 3.94. The molecule has 2 heterocycles. The molecule has 0 saturated heterocycles. The SMILES string of the molecule is CCNC(=NCc1cc2ccccc2[nH]1)NCc1cc(C(C)C)no1.I. The zero-order chi connectivity index (χ0) is 17.6. The number of aromatic nitrogens is 2. The van der Waals surface area contributed by atoms with Gasteiger partial charge in [-0.25, -0.2) is 4.99 Å². The van der Waals surface area contributed by atoms with Crippen molar-refractivity contribution in [2.45, 2.75) is 39.8 Å². The molecule has 26 heavy (non-hydrogen) atoms. The van der Waals surface area contributed by atoms with Crippen LogP contribution in [0.2, 0.25) is 0 Å². The number of rotatable bonds is 6. The molecule has 3 aromatic rings. The second kappa shape index (κ2) is 9.61. The average Bonchev–Trinajstić information content (AvgIpc) is 3.23. The van der Waals surface area contributed by atoms with Crippen LogP contribution in [0.3, 0.4) is 0 Å². The molecule has 1 aromatic carbocycles. The van der Waals surface area contributed by atoms with E-state index in [9.17, 15) is 0 Å². The molecule has 7 heteroatoms. The zero-order valence-corrected chi connectivity index (χ0v) is 17.7. The maximum atomic E-state index is 5.36. The summed E-state index contributed by atoms with van der Waals surface area (Å²) in [6, 6.07) is 12.4. The number of nitrogens with one attached hydrogen (secondary N) is 3. The number of para-hydroxylation sites is 1. The Morgan fingerprint density at radius 2 is 2.04 bits per heavy atom. The van der Waals surface area contributed by atoms with Crippen LogP contribution in [0, 0.1) is 0 Å². The minimum Gasteiger partial charge on any atom is -0.359 e. The summed E-state index contributed by atoms with van der Waals surface area (Å²) in [6.45, 7) is 8.18. The van der Waals surface area contributed by atoms with E-state index in [4.69, 9.17) is 4.52 Å². The second-order valence-corrected chi connectivity index (χ2v) is 6.30. The van der Waals surface area contributed by atoms with Gasteiger partial charge in [-0.05, 0) is 30.4 Å². The Morgan fingerprint density at radius 1 is 1.23 bits per heavy atom. The number of nitrogens with zero attached hydrogens (tertiary/aromatic N) is 2. The molecule has 0 bridgehead atoms. The molecular formula is C19H26IN5O. The summed E-state index contributed by atoms with van der Waals surface area (Å²) >= 11 is 0. The van der Waals surface area contributed by atoms with E-state index in [1.807, 2.05) is 25.1 Å². The number of benzene rings is 1. The molecule has 6 nitrogen and oxygen atoms in total. The van der Waals surface area contributed by atoms with Gasteiger partial charge in [0.2, 0.25) is 0 Å². The minimum absolute atomic E-state index is 0. The minimum atomic E-state index is 0. The molecule has 0 saturated carbocycles. The van der Waals surface area contributed by atoms with Crippen LogP contribution in [-0.2, 0) is 13.1 Å². The Labute approximate surface area is 170 Å². The molecule has 0 aliphatic carbocycles. The molecule has 0 spiro atoms. The maximum Gasteiger partial charge on any atom is 0.192 e. The van der Waals surface area contributed by atoms with Crippen LogP contribution in [-0.4, -0.2) is 22.6 Å². The highest BCUT2D eigenvalue weighted by Crippen LogP contribution is 2.15. The van der Waals surface area contributed by atoms with Crippen molar-refractivity contribution < 1.29 is 4.52 Å². The predicted octanol–water partition coefficient (Wildman–Crippen LogP) is 4.15. The van der Waals surface area contributed by atoms with E-state index in [0.717, 1.165) is 35.2 Å². The Kier molecular flexibility index (Phi) is 7.50. The van der Waals surface area contributed by atoms with Gasteiger partial charge < -0.3 is 20.1 Å². The van der Waals surface area contributed by atoms with Gasteiger partial charge in [0.1, 0.15) is 0 Å². The van der Waals surface area contributed by atoms with E-state index in [1.54, 1.807) is 0 Å². The molecule has 0 atom stereocenters. The monoisotopic (exact) mass is 467 g/mol.